The Hall–Kier alpha value is -1.59. The van der Waals surface area contributed by atoms with Gasteiger partial charge >= 0.3 is 0 Å². The normalized spacial score (nSPS) is 29.7. The quantitative estimate of drug-likeness (QED) is 0.693. The lowest BCUT2D eigenvalue weighted by molar-refractivity contribution is -0.00338. The summed E-state index contributed by atoms with van der Waals surface area (Å²) in [5.41, 5.74) is 0.316. The number of piperidine rings is 1. The van der Waals surface area contributed by atoms with E-state index in [1.54, 1.807) is 11.8 Å². The van der Waals surface area contributed by atoms with Crippen molar-refractivity contribution in [3.8, 4) is 0 Å². The lowest BCUT2D eigenvalue weighted by Gasteiger charge is -2.44. The van der Waals surface area contributed by atoms with E-state index in [4.69, 9.17) is 0 Å². The van der Waals surface area contributed by atoms with Crippen molar-refractivity contribution < 1.29 is 5.11 Å². The van der Waals surface area contributed by atoms with Crippen LogP contribution >= 0.6 is 11.8 Å². The molecule has 2 aliphatic heterocycles. The number of thioether (sulfide) groups is 1. The van der Waals surface area contributed by atoms with Crippen molar-refractivity contribution >= 4 is 17.7 Å². The Morgan fingerprint density at radius 3 is 2.48 bits per heavy atom. The molecule has 0 saturated carbocycles. The number of hydrogen-bond acceptors (Lipinski definition) is 5. The highest BCUT2D eigenvalue weighted by Crippen LogP contribution is 2.46. The van der Waals surface area contributed by atoms with E-state index in [1.165, 1.54) is 0 Å². The summed E-state index contributed by atoms with van der Waals surface area (Å²) < 4.78 is 0. The molecule has 1 aromatic carbocycles. The zero-order valence-corrected chi connectivity index (χ0v) is 14.0. The van der Waals surface area contributed by atoms with Crippen LogP contribution in [0.3, 0.4) is 0 Å². The molecule has 2 saturated heterocycles. The second kappa shape index (κ2) is 5.80. The second-order valence-electron chi connectivity index (χ2n) is 6.50. The Balaban J connectivity index is 1.63. The Morgan fingerprint density at radius 1 is 1.13 bits per heavy atom. The molecule has 0 amide bonds. The summed E-state index contributed by atoms with van der Waals surface area (Å²) in [5.74, 6) is 0.819. The van der Waals surface area contributed by atoms with Gasteiger partial charge in [-0.15, -0.1) is 11.8 Å². The molecule has 0 radical (unpaired) electrons. The second-order valence-corrected chi connectivity index (χ2v) is 7.32. The monoisotopic (exact) mass is 327 g/mol. The summed E-state index contributed by atoms with van der Waals surface area (Å²) in [6, 6.07) is 12.7. The molecule has 120 valence electrons. The van der Waals surface area contributed by atoms with Crippen LogP contribution in [0.25, 0.3) is 0 Å². The van der Waals surface area contributed by atoms with E-state index >= 15 is 0 Å². The molecule has 2 bridgehead atoms. The Bertz CT molecular complexity index is 680. The Kier molecular flexibility index (Phi) is 3.77. The average Bonchev–Trinajstić information content (AvgIpc) is 2.88. The van der Waals surface area contributed by atoms with E-state index in [0.29, 0.717) is 12.1 Å². The van der Waals surface area contributed by atoms with E-state index in [2.05, 4.69) is 14.9 Å². The Morgan fingerprint density at radius 2 is 1.83 bits per heavy atom. The highest BCUT2D eigenvalue weighted by atomic mass is 32.2. The fraction of sp³-hybridized carbons (Fsp3) is 0.444. The molecule has 0 spiro atoms. The fourth-order valence-corrected chi connectivity index (χ4v) is 4.48. The van der Waals surface area contributed by atoms with Crippen molar-refractivity contribution in [1.29, 1.82) is 0 Å². The molecule has 2 aliphatic rings. The molecule has 2 atom stereocenters. The zero-order chi connectivity index (χ0) is 15.9. The minimum Gasteiger partial charge on any atom is -0.385 e. The number of fused-ring (bicyclic) bond motifs is 2. The number of anilines is 1. The van der Waals surface area contributed by atoms with Gasteiger partial charge in [0.2, 0.25) is 5.95 Å². The van der Waals surface area contributed by atoms with Crippen LogP contribution in [-0.2, 0) is 5.60 Å². The molecule has 5 heteroatoms. The van der Waals surface area contributed by atoms with Crippen LogP contribution in [0.15, 0.2) is 47.6 Å². The predicted molar refractivity (Wildman–Crippen MR) is 92.7 cm³/mol. The summed E-state index contributed by atoms with van der Waals surface area (Å²) in [4.78, 5) is 11.5. The zero-order valence-electron chi connectivity index (χ0n) is 13.2. The molecule has 1 aromatic heterocycles. The number of aromatic nitrogens is 2. The summed E-state index contributed by atoms with van der Waals surface area (Å²) in [5, 5.41) is 12.2. The topological polar surface area (TPSA) is 49.2 Å². The van der Waals surface area contributed by atoms with Crippen molar-refractivity contribution in [3.63, 3.8) is 0 Å². The lowest BCUT2D eigenvalue weighted by Crippen LogP contribution is -2.50. The predicted octanol–water partition coefficient (Wildman–Crippen LogP) is 3.22. The summed E-state index contributed by atoms with van der Waals surface area (Å²) >= 11 is 1.64. The highest BCUT2D eigenvalue weighted by molar-refractivity contribution is 7.98. The molecule has 2 aromatic rings. The molecule has 2 unspecified atom stereocenters. The number of aliphatic hydroxyl groups is 1. The van der Waals surface area contributed by atoms with Gasteiger partial charge in [-0.05, 0) is 30.7 Å². The number of nitrogens with zero attached hydrogens (tertiary/aromatic N) is 3. The van der Waals surface area contributed by atoms with Crippen LogP contribution in [0.2, 0.25) is 0 Å². The van der Waals surface area contributed by atoms with Gasteiger partial charge in [0, 0.05) is 31.1 Å². The van der Waals surface area contributed by atoms with Gasteiger partial charge in [-0.3, -0.25) is 0 Å². The molecule has 3 heterocycles. The minimum atomic E-state index is -0.722. The maximum absolute atomic E-state index is 11.2. The van der Waals surface area contributed by atoms with Crippen molar-refractivity contribution in [2.45, 2.75) is 48.4 Å². The van der Waals surface area contributed by atoms with Crippen LogP contribution in [0.4, 0.5) is 5.95 Å². The molecule has 4 nitrogen and oxygen atoms in total. The van der Waals surface area contributed by atoms with Crippen molar-refractivity contribution in [2.75, 3.05) is 11.2 Å². The van der Waals surface area contributed by atoms with Crippen LogP contribution in [0.5, 0.6) is 0 Å². The first-order valence-electron chi connectivity index (χ1n) is 8.13. The molecule has 4 rings (SSSR count). The van der Waals surface area contributed by atoms with Gasteiger partial charge in [0.05, 0.1) is 5.60 Å². The lowest BCUT2D eigenvalue weighted by atomic mass is 9.80. The van der Waals surface area contributed by atoms with E-state index in [0.717, 1.165) is 42.2 Å². The highest BCUT2D eigenvalue weighted by Gasteiger charge is 2.49. The van der Waals surface area contributed by atoms with E-state index in [-0.39, 0.29) is 0 Å². The SMILES string of the molecule is CSc1ccnc(N2C3CCC2CC(O)(c2ccccc2)C3)n1. The first-order valence-corrected chi connectivity index (χ1v) is 9.35. The number of rotatable bonds is 3. The van der Waals surface area contributed by atoms with Crippen molar-refractivity contribution in [3.05, 3.63) is 48.2 Å². The minimum absolute atomic E-state index is 0.316. The summed E-state index contributed by atoms with van der Waals surface area (Å²) in [6.45, 7) is 0. The van der Waals surface area contributed by atoms with Crippen molar-refractivity contribution in [2.24, 2.45) is 0 Å². The van der Waals surface area contributed by atoms with Crippen LogP contribution in [0.1, 0.15) is 31.2 Å². The first kappa shape index (κ1) is 15.0. The maximum atomic E-state index is 11.2. The molecular weight excluding hydrogens is 306 g/mol. The molecule has 23 heavy (non-hydrogen) atoms. The third kappa shape index (κ3) is 2.62. The standard InChI is InChI=1S/C18H21N3OS/c1-23-16-9-10-19-17(20-16)21-14-7-8-15(21)12-18(22,11-14)13-5-3-2-4-6-13/h2-6,9-10,14-15,22H,7-8,11-12H2,1H3. The molecule has 2 fully saturated rings. The average molecular weight is 327 g/mol. The third-order valence-corrected chi connectivity index (χ3v) is 5.78. The third-order valence-electron chi connectivity index (χ3n) is 5.14. The van der Waals surface area contributed by atoms with Gasteiger partial charge in [0.1, 0.15) is 5.03 Å². The van der Waals surface area contributed by atoms with Crippen molar-refractivity contribution in [1.82, 2.24) is 9.97 Å². The number of benzene rings is 1. The van der Waals surface area contributed by atoms with Gasteiger partial charge in [-0.1, -0.05) is 30.3 Å². The first-order chi connectivity index (χ1) is 11.2. The molecular formula is C18H21N3OS. The number of hydrogen-bond donors (Lipinski definition) is 1. The van der Waals surface area contributed by atoms with Crippen LogP contribution in [-0.4, -0.2) is 33.4 Å². The largest absolute Gasteiger partial charge is 0.385 e. The van der Waals surface area contributed by atoms with Crippen LogP contribution in [0, 0.1) is 0 Å². The van der Waals surface area contributed by atoms with E-state index in [9.17, 15) is 5.11 Å². The summed E-state index contributed by atoms with van der Waals surface area (Å²) in [7, 11) is 0. The van der Waals surface area contributed by atoms with Gasteiger partial charge in [-0.25, -0.2) is 9.97 Å². The maximum Gasteiger partial charge on any atom is 0.226 e. The van der Waals surface area contributed by atoms with Gasteiger partial charge in [0.25, 0.3) is 0 Å². The van der Waals surface area contributed by atoms with Gasteiger partial charge in [-0.2, -0.15) is 0 Å². The summed E-state index contributed by atoms with van der Waals surface area (Å²) in [6.07, 6.45) is 7.58. The van der Waals surface area contributed by atoms with Gasteiger partial charge in [0.15, 0.2) is 0 Å². The molecule has 0 aliphatic carbocycles. The van der Waals surface area contributed by atoms with Crippen LogP contribution < -0.4 is 4.90 Å². The van der Waals surface area contributed by atoms with Gasteiger partial charge < -0.3 is 10.0 Å². The van der Waals surface area contributed by atoms with E-state index in [1.807, 2.05) is 48.9 Å². The molecule has 1 N–H and O–H groups in total. The fourth-order valence-electron chi connectivity index (χ4n) is 4.11. The van der Waals surface area contributed by atoms with E-state index < -0.39 is 5.60 Å². The Labute approximate surface area is 141 Å². The smallest absolute Gasteiger partial charge is 0.226 e.